The maximum Gasteiger partial charge on any atom is 0.119 e. The first-order valence-electron chi connectivity index (χ1n) is 25.3. The molecule has 8 nitrogen and oxygen atoms in total. The van der Waals surface area contributed by atoms with Gasteiger partial charge in [-0.1, -0.05) is 146 Å². The summed E-state index contributed by atoms with van der Waals surface area (Å²) in [6.07, 6.45) is 4.37. The van der Waals surface area contributed by atoms with Gasteiger partial charge in [0.2, 0.25) is 0 Å². The van der Waals surface area contributed by atoms with Crippen LogP contribution < -0.4 is 18.9 Å². The first-order valence-corrected chi connectivity index (χ1v) is 25.3. The van der Waals surface area contributed by atoms with E-state index in [9.17, 15) is 0 Å². The lowest BCUT2D eigenvalue weighted by molar-refractivity contribution is 0.233. The molecule has 0 radical (unpaired) electrons. The van der Waals surface area contributed by atoms with Crippen LogP contribution in [-0.2, 0) is 10.8 Å². The highest BCUT2D eigenvalue weighted by atomic mass is 16.5. The maximum atomic E-state index is 9.06. The number of aliphatic hydroxyl groups is 4. The number of aliphatic hydroxyl groups excluding tert-OH is 4. The Morgan fingerprint density at radius 1 is 0.250 bits per heavy atom. The van der Waals surface area contributed by atoms with E-state index in [1.54, 1.807) is 0 Å². The summed E-state index contributed by atoms with van der Waals surface area (Å²) in [4.78, 5) is 0. The standard InChI is InChI=1S/C33H34O4.C31H30O4/c34-21-5-7-23-36-27-17-13-25(14-18-27)33(26-15-19-28(20-16-26)37-24-8-6-22-35)31-11-3-1-9-29(31)30-10-2-4-12-32(30)33;32-19-5-21-34-25-15-11-23(12-16-25)31(24-13-17-26(18-14-24)35-22-6-20-33)29-9-3-1-7-27(29)28-8-2-4-10-30(28)31/h1-4,9-20,34-35H,5-8,21-24H2;1-4,7-18,32-33H,5-6,19-22H2. The summed E-state index contributed by atoms with van der Waals surface area (Å²) in [5.74, 6) is 3.26. The lowest BCUT2D eigenvalue weighted by Gasteiger charge is -2.34. The molecular formula is C64H64O8. The molecule has 72 heavy (non-hydrogen) atoms. The summed E-state index contributed by atoms with van der Waals surface area (Å²) < 4.78 is 23.5. The molecule has 10 rings (SSSR count). The van der Waals surface area contributed by atoms with Gasteiger partial charge in [-0.05, 0) is 141 Å². The predicted octanol–water partition coefficient (Wildman–Crippen LogP) is 11.9. The minimum absolute atomic E-state index is 0.120. The molecule has 0 fully saturated rings. The highest BCUT2D eigenvalue weighted by Crippen LogP contribution is 2.58. The van der Waals surface area contributed by atoms with Crippen LogP contribution in [0.1, 0.15) is 83.0 Å². The van der Waals surface area contributed by atoms with E-state index in [2.05, 4.69) is 170 Å². The van der Waals surface area contributed by atoms with Crippen molar-refractivity contribution in [2.75, 3.05) is 52.9 Å². The Morgan fingerprint density at radius 3 is 0.708 bits per heavy atom. The van der Waals surface area contributed by atoms with Crippen molar-refractivity contribution in [1.82, 2.24) is 0 Å². The van der Waals surface area contributed by atoms with Crippen LogP contribution in [0.2, 0.25) is 0 Å². The molecule has 368 valence electrons. The van der Waals surface area contributed by atoms with E-state index >= 15 is 0 Å². The molecule has 0 unspecified atom stereocenters. The van der Waals surface area contributed by atoms with Crippen LogP contribution >= 0.6 is 0 Å². The summed E-state index contributed by atoms with van der Waals surface area (Å²) >= 11 is 0. The summed E-state index contributed by atoms with van der Waals surface area (Å²) in [6.45, 7) is 2.79. The molecule has 2 aliphatic carbocycles. The largest absolute Gasteiger partial charge is 0.494 e. The van der Waals surface area contributed by atoms with Gasteiger partial charge in [-0.2, -0.15) is 0 Å². The Morgan fingerprint density at radius 2 is 0.472 bits per heavy atom. The average molecular weight is 961 g/mol. The number of ether oxygens (including phenoxy) is 4. The molecule has 0 saturated heterocycles. The van der Waals surface area contributed by atoms with Crippen LogP contribution in [0.5, 0.6) is 23.0 Å². The molecule has 0 heterocycles. The monoisotopic (exact) mass is 960 g/mol. The summed E-state index contributed by atoms with van der Waals surface area (Å²) in [5.41, 5.74) is 13.8. The third kappa shape index (κ3) is 10.0. The molecule has 8 heteroatoms. The zero-order valence-electron chi connectivity index (χ0n) is 40.8. The molecule has 0 bridgehead atoms. The Hall–Kier alpha value is -7.20. The SMILES string of the molecule is OCCCCOc1ccc(C2(c3ccc(OCCCCO)cc3)c3ccccc3-c3ccccc32)cc1.OCCCOc1ccc(C2(c3ccc(OCCCO)cc3)c3ccccc3-c3ccccc32)cc1. The Labute approximate surface area is 423 Å². The predicted molar refractivity (Wildman–Crippen MR) is 286 cm³/mol. The quantitative estimate of drug-likeness (QED) is 0.0496. The summed E-state index contributed by atoms with van der Waals surface area (Å²) in [5, 5.41) is 36.2. The minimum atomic E-state index is -0.472. The second kappa shape index (κ2) is 23.8. The molecule has 2 aliphatic rings. The fraction of sp³-hybridized carbons (Fsp3) is 0.250. The van der Waals surface area contributed by atoms with E-state index in [0.717, 1.165) is 48.7 Å². The van der Waals surface area contributed by atoms with Crippen LogP contribution in [0.15, 0.2) is 194 Å². The van der Waals surface area contributed by atoms with Crippen molar-refractivity contribution < 1.29 is 39.4 Å². The van der Waals surface area contributed by atoms with Crippen molar-refractivity contribution in [3.8, 4) is 45.3 Å². The molecule has 0 amide bonds. The van der Waals surface area contributed by atoms with E-state index in [1.165, 1.54) is 66.8 Å². The molecule has 4 N–H and O–H groups in total. The molecule has 0 saturated carbocycles. The Bertz CT molecular complexity index is 2760. The second-order valence-electron chi connectivity index (χ2n) is 18.2. The van der Waals surface area contributed by atoms with Gasteiger partial charge in [0.1, 0.15) is 23.0 Å². The first-order chi connectivity index (χ1) is 35.6. The highest BCUT2D eigenvalue weighted by molar-refractivity contribution is 5.87. The number of hydrogen-bond donors (Lipinski definition) is 4. The number of rotatable bonds is 22. The van der Waals surface area contributed by atoms with Crippen LogP contribution in [0.4, 0.5) is 0 Å². The summed E-state index contributed by atoms with van der Waals surface area (Å²) in [6, 6.07) is 68.3. The van der Waals surface area contributed by atoms with E-state index in [-0.39, 0.29) is 26.4 Å². The Balaban J connectivity index is 0.000000178. The lowest BCUT2D eigenvalue weighted by atomic mass is 9.68. The van der Waals surface area contributed by atoms with Gasteiger partial charge in [0, 0.05) is 39.3 Å². The van der Waals surface area contributed by atoms with Crippen molar-refractivity contribution in [3.63, 3.8) is 0 Å². The van der Waals surface area contributed by atoms with Crippen molar-refractivity contribution in [3.05, 3.63) is 239 Å². The average Bonchev–Trinajstić information content (AvgIpc) is 3.91. The van der Waals surface area contributed by atoms with E-state index in [0.29, 0.717) is 39.3 Å². The molecule has 0 spiro atoms. The van der Waals surface area contributed by atoms with Crippen molar-refractivity contribution >= 4 is 0 Å². The number of hydrogen-bond acceptors (Lipinski definition) is 8. The van der Waals surface area contributed by atoms with Crippen LogP contribution in [0.25, 0.3) is 22.3 Å². The zero-order chi connectivity index (χ0) is 49.6. The number of unbranched alkanes of at least 4 members (excludes halogenated alkanes) is 2. The van der Waals surface area contributed by atoms with Crippen molar-refractivity contribution in [2.45, 2.75) is 49.4 Å². The van der Waals surface area contributed by atoms with Crippen LogP contribution in [-0.4, -0.2) is 73.3 Å². The Kier molecular flexibility index (Phi) is 16.5. The second-order valence-corrected chi connectivity index (χ2v) is 18.2. The van der Waals surface area contributed by atoms with Gasteiger partial charge in [0.05, 0.1) is 37.3 Å². The van der Waals surface area contributed by atoms with Gasteiger partial charge >= 0.3 is 0 Å². The van der Waals surface area contributed by atoms with E-state index in [1.807, 2.05) is 24.3 Å². The number of fused-ring (bicyclic) bond motifs is 6. The van der Waals surface area contributed by atoms with Gasteiger partial charge in [0.25, 0.3) is 0 Å². The van der Waals surface area contributed by atoms with Gasteiger partial charge < -0.3 is 39.4 Å². The van der Waals surface area contributed by atoms with Gasteiger partial charge in [-0.25, -0.2) is 0 Å². The lowest BCUT2D eigenvalue weighted by Crippen LogP contribution is -2.28. The highest BCUT2D eigenvalue weighted by Gasteiger charge is 2.47. The smallest absolute Gasteiger partial charge is 0.119 e. The third-order valence-electron chi connectivity index (χ3n) is 13.8. The maximum absolute atomic E-state index is 9.06. The van der Waals surface area contributed by atoms with E-state index < -0.39 is 10.8 Å². The molecule has 0 aliphatic heterocycles. The van der Waals surface area contributed by atoms with E-state index in [4.69, 9.17) is 39.4 Å². The fourth-order valence-corrected chi connectivity index (χ4v) is 10.6. The van der Waals surface area contributed by atoms with Crippen molar-refractivity contribution in [1.29, 1.82) is 0 Å². The molecule has 0 aromatic heterocycles. The molecular weight excluding hydrogens is 897 g/mol. The van der Waals surface area contributed by atoms with Crippen LogP contribution in [0.3, 0.4) is 0 Å². The topological polar surface area (TPSA) is 118 Å². The third-order valence-corrected chi connectivity index (χ3v) is 13.8. The van der Waals surface area contributed by atoms with Crippen LogP contribution in [0, 0.1) is 0 Å². The zero-order valence-corrected chi connectivity index (χ0v) is 40.8. The number of benzene rings is 8. The minimum Gasteiger partial charge on any atom is -0.494 e. The van der Waals surface area contributed by atoms with Gasteiger partial charge in [-0.15, -0.1) is 0 Å². The first kappa shape index (κ1) is 49.8. The molecule has 8 aromatic carbocycles. The fourth-order valence-electron chi connectivity index (χ4n) is 10.6. The van der Waals surface area contributed by atoms with Crippen molar-refractivity contribution in [2.24, 2.45) is 0 Å². The molecule has 8 aromatic rings. The van der Waals surface area contributed by atoms with Gasteiger partial charge in [0.15, 0.2) is 0 Å². The van der Waals surface area contributed by atoms with Gasteiger partial charge in [-0.3, -0.25) is 0 Å². The summed E-state index contributed by atoms with van der Waals surface area (Å²) in [7, 11) is 0. The normalized spacial score (nSPS) is 13.2. The molecule has 0 atom stereocenters.